The van der Waals surface area contributed by atoms with Crippen LogP contribution in [-0.4, -0.2) is 52.7 Å². The van der Waals surface area contributed by atoms with Gasteiger partial charge in [0, 0.05) is 12.5 Å². The number of carboxylic acids is 1. The molecule has 3 N–H and O–H groups in total. The van der Waals surface area contributed by atoms with E-state index in [4.69, 9.17) is 9.47 Å². The minimum absolute atomic E-state index is 0.00560. The zero-order valence-electron chi connectivity index (χ0n) is 19.4. The third-order valence-corrected chi connectivity index (χ3v) is 4.68. The molecule has 4 unspecified atom stereocenters. The fraction of sp³-hybridized carbons (Fsp3) is 0.909. The Morgan fingerprint density at radius 2 is 1.66 bits per heavy atom. The van der Waals surface area contributed by atoms with Crippen molar-refractivity contribution in [3.8, 4) is 0 Å². The summed E-state index contributed by atoms with van der Waals surface area (Å²) in [5.74, 6) is -0.544. The molecule has 0 aromatic heterocycles. The standard InChI is InChI=1S/C22H43NO6/c1-8-14-28-19(17(16(4)24)13-12-15(2)3)11-9-10-18(20(25)26)23-21(27)29-22(5,6)7/h15-19,24H,8-14H2,1-7H3,(H,23,27)(H,25,26). The molecule has 0 saturated heterocycles. The van der Waals surface area contributed by atoms with E-state index in [1.165, 1.54) is 0 Å². The molecule has 0 radical (unpaired) electrons. The molecule has 0 rings (SSSR count). The summed E-state index contributed by atoms with van der Waals surface area (Å²) in [4.78, 5) is 23.4. The van der Waals surface area contributed by atoms with E-state index in [2.05, 4.69) is 19.2 Å². The van der Waals surface area contributed by atoms with Gasteiger partial charge in [0.15, 0.2) is 0 Å². The van der Waals surface area contributed by atoms with E-state index in [1.54, 1.807) is 27.7 Å². The number of nitrogens with one attached hydrogen (secondary N) is 1. The number of aliphatic hydroxyl groups excluding tert-OH is 1. The van der Waals surface area contributed by atoms with Crippen LogP contribution in [0.2, 0.25) is 0 Å². The van der Waals surface area contributed by atoms with Gasteiger partial charge in [0.1, 0.15) is 11.6 Å². The lowest BCUT2D eigenvalue weighted by molar-refractivity contribution is -0.139. The lowest BCUT2D eigenvalue weighted by Gasteiger charge is -2.30. The second-order valence-electron chi connectivity index (χ2n) is 9.25. The van der Waals surface area contributed by atoms with Gasteiger partial charge < -0.3 is 25.0 Å². The highest BCUT2D eigenvalue weighted by Gasteiger charge is 2.28. The Morgan fingerprint density at radius 1 is 1.03 bits per heavy atom. The van der Waals surface area contributed by atoms with Crippen LogP contribution in [0.15, 0.2) is 0 Å². The van der Waals surface area contributed by atoms with E-state index in [1.807, 2.05) is 6.92 Å². The Labute approximate surface area is 176 Å². The maximum Gasteiger partial charge on any atom is 0.408 e. The van der Waals surface area contributed by atoms with Gasteiger partial charge in [-0.2, -0.15) is 0 Å². The minimum Gasteiger partial charge on any atom is -0.480 e. The summed E-state index contributed by atoms with van der Waals surface area (Å²) in [6.45, 7) is 13.9. The molecule has 7 heteroatoms. The van der Waals surface area contributed by atoms with Crippen molar-refractivity contribution < 1.29 is 29.3 Å². The number of aliphatic hydroxyl groups is 1. The lowest BCUT2D eigenvalue weighted by atomic mass is 9.86. The molecule has 0 aromatic carbocycles. The molecular formula is C22H43NO6. The highest BCUT2D eigenvalue weighted by molar-refractivity contribution is 5.79. The van der Waals surface area contributed by atoms with E-state index in [-0.39, 0.29) is 18.4 Å². The molecule has 4 atom stereocenters. The maximum absolute atomic E-state index is 11.9. The van der Waals surface area contributed by atoms with Gasteiger partial charge in [-0.05, 0) is 65.7 Å². The molecular weight excluding hydrogens is 374 g/mol. The van der Waals surface area contributed by atoms with Crippen LogP contribution in [0.25, 0.3) is 0 Å². The van der Waals surface area contributed by atoms with Gasteiger partial charge in [-0.15, -0.1) is 0 Å². The Bertz CT molecular complexity index is 472. The Balaban J connectivity index is 4.89. The molecule has 0 saturated carbocycles. The number of hydrogen-bond donors (Lipinski definition) is 3. The predicted molar refractivity (Wildman–Crippen MR) is 114 cm³/mol. The number of aliphatic carboxylic acids is 1. The Kier molecular flexibility index (Phi) is 13.2. The van der Waals surface area contributed by atoms with E-state index in [9.17, 15) is 19.8 Å². The van der Waals surface area contributed by atoms with Crippen LogP contribution in [0, 0.1) is 11.8 Å². The number of rotatable bonds is 14. The predicted octanol–water partition coefficient (Wildman–Crippen LogP) is 4.36. The smallest absolute Gasteiger partial charge is 0.408 e. The van der Waals surface area contributed by atoms with Crippen LogP contribution in [0.4, 0.5) is 4.79 Å². The van der Waals surface area contributed by atoms with Gasteiger partial charge in [-0.3, -0.25) is 0 Å². The second-order valence-corrected chi connectivity index (χ2v) is 9.25. The first-order valence-electron chi connectivity index (χ1n) is 10.9. The molecule has 0 bridgehead atoms. The zero-order chi connectivity index (χ0) is 22.6. The number of alkyl carbamates (subject to hydrolysis) is 1. The summed E-state index contributed by atoms with van der Waals surface area (Å²) >= 11 is 0. The summed E-state index contributed by atoms with van der Waals surface area (Å²) in [7, 11) is 0. The van der Waals surface area contributed by atoms with Gasteiger partial charge in [-0.1, -0.05) is 27.2 Å². The van der Waals surface area contributed by atoms with Crippen molar-refractivity contribution in [1.82, 2.24) is 5.32 Å². The van der Waals surface area contributed by atoms with Crippen molar-refractivity contribution >= 4 is 12.1 Å². The van der Waals surface area contributed by atoms with Gasteiger partial charge in [0.05, 0.1) is 12.2 Å². The number of carbonyl (C=O) groups excluding carboxylic acids is 1. The molecule has 0 aromatic rings. The third-order valence-electron chi connectivity index (χ3n) is 4.68. The van der Waals surface area contributed by atoms with Crippen molar-refractivity contribution in [3.63, 3.8) is 0 Å². The Hall–Kier alpha value is -1.34. The average Bonchev–Trinajstić information content (AvgIpc) is 2.55. The van der Waals surface area contributed by atoms with Gasteiger partial charge in [0.25, 0.3) is 0 Å². The summed E-state index contributed by atoms with van der Waals surface area (Å²) < 4.78 is 11.2. The highest BCUT2D eigenvalue weighted by Crippen LogP contribution is 2.26. The lowest BCUT2D eigenvalue weighted by Crippen LogP contribution is -2.43. The van der Waals surface area contributed by atoms with Crippen molar-refractivity contribution in [1.29, 1.82) is 0 Å². The average molecular weight is 418 g/mol. The van der Waals surface area contributed by atoms with Crippen LogP contribution in [0.5, 0.6) is 0 Å². The normalized spacial score (nSPS) is 16.2. The monoisotopic (exact) mass is 417 g/mol. The topological polar surface area (TPSA) is 105 Å². The van der Waals surface area contributed by atoms with E-state index < -0.39 is 29.8 Å². The quantitative estimate of drug-likeness (QED) is 0.388. The molecule has 0 aliphatic rings. The zero-order valence-corrected chi connectivity index (χ0v) is 19.4. The highest BCUT2D eigenvalue weighted by atomic mass is 16.6. The molecule has 172 valence electrons. The van der Waals surface area contributed by atoms with E-state index in [0.717, 1.165) is 19.3 Å². The number of carbonyl (C=O) groups is 2. The van der Waals surface area contributed by atoms with Crippen LogP contribution in [0.3, 0.4) is 0 Å². The first kappa shape index (κ1) is 27.7. The molecule has 0 aliphatic carbocycles. The fourth-order valence-electron chi connectivity index (χ4n) is 3.18. The fourth-order valence-corrected chi connectivity index (χ4v) is 3.18. The molecule has 0 aliphatic heterocycles. The SMILES string of the molecule is CCCOC(CCCC(NC(=O)OC(C)(C)C)C(=O)O)C(CCC(C)C)C(C)O. The third kappa shape index (κ3) is 13.5. The van der Waals surface area contributed by atoms with Gasteiger partial charge in [0.2, 0.25) is 0 Å². The maximum atomic E-state index is 11.9. The molecule has 0 spiro atoms. The van der Waals surface area contributed by atoms with Crippen molar-refractivity contribution in [2.24, 2.45) is 11.8 Å². The van der Waals surface area contributed by atoms with Gasteiger partial charge in [-0.25, -0.2) is 9.59 Å². The Morgan fingerprint density at radius 3 is 2.10 bits per heavy atom. The van der Waals surface area contributed by atoms with E-state index >= 15 is 0 Å². The van der Waals surface area contributed by atoms with Crippen LogP contribution in [-0.2, 0) is 14.3 Å². The second kappa shape index (κ2) is 13.8. The number of hydrogen-bond acceptors (Lipinski definition) is 5. The summed E-state index contributed by atoms with van der Waals surface area (Å²) in [6, 6.07) is -1.02. The van der Waals surface area contributed by atoms with E-state index in [0.29, 0.717) is 25.4 Å². The molecule has 29 heavy (non-hydrogen) atoms. The first-order chi connectivity index (χ1) is 13.4. The molecule has 1 amide bonds. The largest absolute Gasteiger partial charge is 0.480 e. The number of ether oxygens (including phenoxy) is 2. The summed E-state index contributed by atoms with van der Waals surface area (Å²) in [6.07, 6.45) is 2.85. The van der Waals surface area contributed by atoms with Crippen LogP contribution < -0.4 is 5.32 Å². The molecule has 7 nitrogen and oxygen atoms in total. The minimum atomic E-state index is -1.09. The molecule has 0 heterocycles. The van der Waals surface area contributed by atoms with Gasteiger partial charge >= 0.3 is 12.1 Å². The summed E-state index contributed by atoms with van der Waals surface area (Å²) in [5, 5.41) is 22.1. The van der Waals surface area contributed by atoms with Crippen LogP contribution >= 0.6 is 0 Å². The number of amides is 1. The van der Waals surface area contributed by atoms with Crippen molar-refractivity contribution in [2.75, 3.05) is 6.61 Å². The first-order valence-corrected chi connectivity index (χ1v) is 10.9. The summed E-state index contributed by atoms with van der Waals surface area (Å²) in [5.41, 5.74) is -0.687. The van der Waals surface area contributed by atoms with Crippen molar-refractivity contribution in [2.45, 2.75) is 111 Å². The van der Waals surface area contributed by atoms with Crippen LogP contribution in [0.1, 0.15) is 87.0 Å². The van der Waals surface area contributed by atoms with Crippen molar-refractivity contribution in [3.05, 3.63) is 0 Å². The number of carboxylic acid groups (broad SMARTS) is 1. The molecule has 0 fully saturated rings.